The van der Waals surface area contributed by atoms with Crippen LogP contribution in [-0.4, -0.2) is 11.2 Å². The first-order chi connectivity index (χ1) is 9.46. The average molecular weight is 291 g/mol. The standard InChI is InChI=1S/C16H15ClO3/c1-11-7-6-10-13(16(11,2)15(17)19)20-14(18)12-8-4-3-5-9-12/h3-11H,1-2H3. The summed E-state index contributed by atoms with van der Waals surface area (Å²) in [6, 6.07) is 8.63. The molecule has 2 atom stereocenters. The van der Waals surface area contributed by atoms with Crippen LogP contribution in [0.1, 0.15) is 24.2 Å². The van der Waals surface area contributed by atoms with Crippen molar-refractivity contribution >= 4 is 22.8 Å². The number of hydrogen-bond acceptors (Lipinski definition) is 3. The Morgan fingerprint density at radius 3 is 2.50 bits per heavy atom. The molecule has 3 nitrogen and oxygen atoms in total. The van der Waals surface area contributed by atoms with Crippen molar-refractivity contribution in [3.05, 3.63) is 59.9 Å². The van der Waals surface area contributed by atoms with Crippen LogP contribution in [0.3, 0.4) is 0 Å². The second kappa shape index (κ2) is 5.63. The molecule has 0 N–H and O–H groups in total. The van der Waals surface area contributed by atoms with Gasteiger partial charge in [0, 0.05) is 0 Å². The minimum atomic E-state index is -1.03. The van der Waals surface area contributed by atoms with Gasteiger partial charge in [0.05, 0.1) is 5.56 Å². The molecular formula is C16H15ClO3. The van der Waals surface area contributed by atoms with Crippen LogP contribution in [0.25, 0.3) is 0 Å². The Morgan fingerprint density at radius 1 is 1.25 bits per heavy atom. The topological polar surface area (TPSA) is 43.4 Å². The first-order valence-electron chi connectivity index (χ1n) is 6.32. The van der Waals surface area contributed by atoms with E-state index in [0.29, 0.717) is 5.56 Å². The third-order valence-electron chi connectivity index (χ3n) is 3.69. The summed E-state index contributed by atoms with van der Waals surface area (Å²) in [5, 5.41) is -0.540. The van der Waals surface area contributed by atoms with Crippen LogP contribution in [0, 0.1) is 11.3 Å². The molecule has 1 aliphatic rings. The van der Waals surface area contributed by atoms with E-state index in [1.165, 1.54) is 0 Å². The van der Waals surface area contributed by atoms with Gasteiger partial charge < -0.3 is 4.74 Å². The molecule has 1 aromatic rings. The average Bonchev–Trinajstić information content (AvgIpc) is 2.44. The van der Waals surface area contributed by atoms with Gasteiger partial charge in [0.25, 0.3) is 0 Å². The van der Waals surface area contributed by atoms with Gasteiger partial charge in [-0.2, -0.15) is 0 Å². The number of benzene rings is 1. The highest BCUT2D eigenvalue weighted by Gasteiger charge is 2.44. The number of hydrogen-bond donors (Lipinski definition) is 0. The predicted molar refractivity (Wildman–Crippen MR) is 77.2 cm³/mol. The van der Waals surface area contributed by atoms with Crippen LogP contribution < -0.4 is 0 Å². The van der Waals surface area contributed by atoms with E-state index in [1.807, 2.05) is 19.1 Å². The van der Waals surface area contributed by atoms with E-state index in [9.17, 15) is 9.59 Å². The monoisotopic (exact) mass is 290 g/mol. The molecular weight excluding hydrogens is 276 g/mol. The molecule has 0 saturated carbocycles. The Balaban J connectivity index is 2.28. The highest BCUT2D eigenvalue weighted by Crippen LogP contribution is 2.41. The number of rotatable bonds is 3. The maximum atomic E-state index is 12.1. The van der Waals surface area contributed by atoms with Crippen molar-refractivity contribution in [2.75, 3.05) is 0 Å². The van der Waals surface area contributed by atoms with Gasteiger partial charge in [-0.05, 0) is 42.7 Å². The van der Waals surface area contributed by atoms with Crippen LogP contribution in [0.15, 0.2) is 54.3 Å². The summed E-state index contributed by atoms with van der Waals surface area (Å²) in [4.78, 5) is 23.8. The molecule has 20 heavy (non-hydrogen) atoms. The van der Waals surface area contributed by atoms with E-state index < -0.39 is 16.6 Å². The Kier molecular flexibility index (Phi) is 4.09. The second-order valence-corrected chi connectivity index (χ2v) is 5.28. The second-order valence-electron chi connectivity index (χ2n) is 4.94. The zero-order valence-corrected chi connectivity index (χ0v) is 12.1. The number of ether oxygens (including phenoxy) is 1. The normalized spacial score (nSPS) is 24.9. The number of carbonyl (C=O) groups excluding carboxylic acids is 2. The molecule has 4 heteroatoms. The third kappa shape index (κ3) is 2.54. The van der Waals surface area contributed by atoms with Crippen molar-refractivity contribution in [3.8, 4) is 0 Å². The summed E-state index contributed by atoms with van der Waals surface area (Å²) in [6.07, 6.45) is 5.24. The van der Waals surface area contributed by atoms with Gasteiger partial charge in [0.15, 0.2) is 0 Å². The quantitative estimate of drug-likeness (QED) is 0.630. The van der Waals surface area contributed by atoms with E-state index >= 15 is 0 Å². The maximum Gasteiger partial charge on any atom is 0.343 e. The summed E-state index contributed by atoms with van der Waals surface area (Å²) in [5.74, 6) is -0.360. The largest absolute Gasteiger partial charge is 0.426 e. The molecule has 2 unspecified atom stereocenters. The highest BCUT2D eigenvalue weighted by molar-refractivity contribution is 6.65. The zero-order valence-electron chi connectivity index (χ0n) is 11.3. The lowest BCUT2D eigenvalue weighted by Gasteiger charge is -2.33. The number of allylic oxidation sites excluding steroid dienone is 4. The first kappa shape index (κ1) is 14.5. The third-order valence-corrected chi connectivity index (χ3v) is 4.08. The molecule has 0 radical (unpaired) electrons. The van der Waals surface area contributed by atoms with Crippen molar-refractivity contribution in [1.82, 2.24) is 0 Å². The molecule has 0 bridgehead atoms. The summed E-state index contributed by atoms with van der Waals surface area (Å²) in [6.45, 7) is 3.54. The highest BCUT2D eigenvalue weighted by atomic mass is 35.5. The smallest absolute Gasteiger partial charge is 0.343 e. The van der Waals surface area contributed by atoms with E-state index in [4.69, 9.17) is 16.3 Å². The SMILES string of the molecule is CC1C=CC=C(OC(=O)c2ccccc2)C1(C)C(=O)Cl. The van der Waals surface area contributed by atoms with Crippen molar-refractivity contribution in [2.45, 2.75) is 13.8 Å². The lowest BCUT2D eigenvalue weighted by molar-refractivity contribution is -0.121. The summed E-state index contributed by atoms with van der Waals surface area (Å²) in [7, 11) is 0. The Bertz CT molecular complexity index is 589. The Labute approximate surface area is 122 Å². The van der Waals surface area contributed by atoms with Gasteiger partial charge in [-0.15, -0.1) is 0 Å². The predicted octanol–water partition coefficient (Wildman–Crippen LogP) is 3.70. The van der Waals surface area contributed by atoms with Gasteiger partial charge in [-0.25, -0.2) is 4.79 Å². The van der Waals surface area contributed by atoms with Crippen molar-refractivity contribution in [1.29, 1.82) is 0 Å². The number of esters is 1. The minimum Gasteiger partial charge on any atom is -0.426 e. The lowest BCUT2D eigenvalue weighted by Crippen LogP contribution is -2.36. The lowest BCUT2D eigenvalue weighted by atomic mass is 9.75. The number of halogens is 1. The van der Waals surface area contributed by atoms with Gasteiger partial charge in [0.2, 0.25) is 5.24 Å². The molecule has 0 saturated heterocycles. The minimum absolute atomic E-state index is 0.143. The molecule has 0 spiro atoms. The molecule has 0 amide bonds. The molecule has 104 valence electrons. The van der Waals surface area contributed by atoms with Gasteiger partial charge in [-0.3, -0.25) is 4.79 Å². The molecule has 0 heterocycles. The molecule has 2 rings (SSSR count). The summed E-state index contributed by atoms with van der Waals surface area (Å²) >= 11 is 5.71. The fourth-order valence-corrected chi connectivity index (χ4v) is 2.31. The maximum absolute atomic E-state index is 12.1. The van der Waals surface area contributed by atoms with Gasteiger partial charge in [-0.1, -0.05) is 37.3 Å². The van der Waals surface area contributed by atoms with Crippen molar-refractivity contribution in [2.24, 2.45) is 11.3 Å². The Hall–Kier alpha value is -1.87. The Morgan fingerprint density at radius 2 is 1.90 bits per heavy atom. The first-order valence-corrected chi connectivity index (χ1v) is 6.70. The van der Waals surface area contributed by atoms with Crippen molar-refractivity contribution in [3.63, 3.8) is 0 Å². The zero-order chi connectivity index (χ0) is 14.8. The van der Waals surface area contributed by atoms with E-state index in [2.05, 4.69) is 0 Å². The molecule has 1 aromatic carbocycles. The van der Waals surface area contributed by atoms with Crippen LogP contribution in [-0.2, 0) is 9.53 Å². The molecule has 0 aromatic heterocycles. The van der Waals surface area contributed by atoms with Crippen LogP contribution in [0.5, 0.6) is 0 Å². The van der Waals surface area contributed by atoms with Gasteiger partial charge >= 0.3 is 5.97 Å². The van der Waals surface area contributed by atoms with Crippen LogP contribution >= 0.6 is 11.6 Å². The molecule has 0 fully saturated rings. The molecule has 1 aliphatic carbocycles. The van der Waals surface area contributed by atoms with E-state index in [1.54, 1.807) is 43.3 Å². The fourth-order valence-electron chi connectivity index (χ4n) is 2.05. The van der Waals surface area contributed by atoms with E-state index in [-0.39, 0.29) is 11.7 Å². The van der Waals surface area contributed by atoms with Gasteiger partial charge in [0.1, 0.15) is 11.2 Å². The van der Waals surface area contributed by atoms with Crippen LogP contribution in [0.2, 0.25) is 0 Å². The summed E-state index contributed by atoms with van der Waals surface area (Å²) < 4.78 is 5.39. The summed E-state index contributed by atoms with van der Waals surface area (Å²) in [5.41, 5.74) is -0.597. The van der Waals surface area contributed by atoms with E-state index in [0.717, 1.165) is 0 Å². The number of carbonyl (C=O) groups is 2. The van der Waals surface area contributed by atoms with Crippen molar-refractivity contribution < 1.29 is 14.3 Å². The fraction of sp³-hybridized carbons (Fsp3) is 0.250. The van der Waals surface area contributed by atoms with Crippen LogP contribution in [0.4, 0.5) is 0 Å². The molecule has 0 aliphatic heterocycles.